The fraction of sp³-hybridized carbons (Fsp3) is 0.0588. The number of nitrogens with zero attached hydrogens (tertiary/aromatic N) is 6. The van der Waals surface area contributed by atoms with Gasteiger partial charge in [-0.05, 0) is 71.4 Å². The summed E-state index contributed by atoms with van der Waals surface area (Å²) in [7, 11) is 0. The number of benzene rings is 2. The third kappa shape index (κ3) is 6.43. The van der Waals surface area contributed by atoms with Gasteiger partial charge in [0, 0.05) is 58.7 Å². The van der Waals surface area contributed by atoms with Gasteiger partial charge in [0.1, 0.15) is 28.7 Å². The summed E-state index contributed by atoms with van der Waals surface area (Å²) in [4.78, 5) is 17.3. The molecule has 0 bridgehead atoms. The molecule has 0 aliphatic carbocycles. The lowest BCUT2D eigenvalue weighted by Crippen LogP contribution is -1.96. The number of phenols is 1. The molecule has 0 saturated heterocycles. The van der Waals surface area contributed by atoms with Crippen molar-refractivity contribution in [3.63, 3.8) is 0 Å². The molecule has 0 aliphatic heterocycles. The van der Waals surface area contributed by atoms with E-state index in [1.165, 1.54) is 0 Å². The molecule has 11 heteroatoms. The van der Waals surface area contributed by atoms with Crippen LogP contribution in [0.5, 0.6) is 11.5 Å². The maximum absolute atomic E-state index is 12.2. The Morgan fingerprint density at radius 2 is 1.16 bits per heavy atom. The average Bonchev–Trinajstić information content (AvgIpc) is 3.70. The molecule has 45 heavy (non-hydrogen) atoms. The fourth-order valence-electron chi connectivity index (χ4n) is 4.99. The van der Waals surface area contributed by atoms with E-state index < -0.39 is 12.4 Å². The second-order valence-electron chi connectivity index (χ2n) is 9.72. The van der Waals surface area contributed by atoms with E-state index in [2.05, 4.69) is 35.9 Å². The monoisotopic (exact) mass is 666 g/mol. The van der Waals surface area contributed by atoms with Gasteiger partial charge in [0.05, 0.1) is 23.4 Å². The number of ether oxygens (including phenoxy) is 1. The van der Waals surface area contributed by atoms with E-state index >= 15 is 0 Å². The first kappa shape index (κ1) is 29.6. The number of alkyl halides is 3. The van der Waals surface area contributed by atoms with E-state index in [4.69, 9.17) is 4.74 Å². The van der Waals surface area contributed by atoms with Crippen LogP contribution < -0.4 is 4.74 Å². The lowest BCUT2D eigenvalue weighted by atomic mass is 10.1. The summed E-state index contributed by atoms with van der Waals surface area (Å²) >= 11 is 2.48. The van der Waals surface area contributed by atoms with Crippen LogP contribution in [0.25, 0.3) is 55.0 Å². The zero-order valence-electron chi connectivity index (χ0n) is 23.6. The van der Waals surface area contributed by atoms with Gasteiger partial charge < -0.3 is 9.84 Å². The Morgan fingerprint density at radius 1 is 0.622 bits per heavy atom. The Labute approximate surface area is 264 Å². The highest BCUT2D eigenvalue weighted by Crippen LogP contribution is 2.25. The fourth-order valence-corrected chi connectivity index (χ4v) is 4.99. The number of aromatic hydroxyl groups is 1. The highest BCUT2D eigenvalue weighted by atomic mass is 79.9. The van der Waals surface area contributed by atoms with E-state index in [1.54, 1.807) is 49.1 Å². The minimum absolute atomic E-state index is 0.252. The summed E-state index contributed by atoms with van der Waals surface area (Å²) in [5.41, 5.74) is 1.59. The molecule has 8 aromatic rings. The molecule has 2 aromatic carbocycles. The van der Waals surface area contributed by atoms with Crippen LogP contribution in [-0.2, 0) is 0 Å². The van der Waals surface area contributed by atoms with Gasteiger partial charge in [0.25, 0.3) is 0 Å². The SMILES string of the molecule is FCBr.FCOc1ccc2cc(-n3ccc4ccncc43)ncc2c1.Oc1ccc2cc(-n3ccc4ccncc43)ncc2c1. The summed E-state index contributed by atoms with van der Waals surface area (Å²) in [6, 6.07) is 22.7. The molecule has 6 heterocycles. The van der Waals surface area contributed by atoms with E-state index in [1.807, 2.05) is 82.5 Å². The third-order valence-corrected chi connectivity index (χ3v) is 7.08. The Hall–Kier alpha value is -5.42. The van der Waals surface area contributed by atoms with Gasteiger partial charge in [0.15, 0.2) is 0 Å². The number of hydrogen-bond acceptors (Lipinski definition) is 6. The van der Waals surface area contributed by atoms with Crippen molar-refractivity contribution in [3.8, 4) is 23.1 Å². The molecular formula is C34H25BrF2N6O2. The molecule has 0 radical (unpaired) electrons. The van der Waals surface area contributed by atoms with Gasteiger partial charge >= 0.3 is 0 Å². The standard InChI is InChI=1S/C17H12FN3O.C16H11N3O.CH2BrF/c18-11-22-15-2-1-13-8-17(20-9-14(13)7-15)21-6-4-12-3-5-19-10-16(12)21;20-14-2-1-12-8-16(18-9-13(12)7-14)19-6-4-11-3-5-17-10-15(11)19;2-1-3/h1-10H,11H2;1-10,20H;1H2. The summed E-state index contributed by atoms with van der Waals surface area (Å²) in [5.74, 6) is 2.41. The van der Waals surface area contributed by atoms with Crippen molar-refractivity contribution in [1.29, 1.82) is 0 Å². The van der Waals surface area contributed by atoms with Crippen LogP contribution in [0, 0.1) is 0 Å². The lowest BCUT2D eigenvalue weighted by molar-refractivity contribution is 0.192. The summed E-state index contributed by atoms with van der Waals surface area (Å²) < 4.78 is 31.3. The molecule has 0 saturated carbocycles. The van der Waals surface area contributed by atoms with Crippen LogP contribution in [0.2, 0.25) is 0 Å². The second kappa shape index (κ2) is 13.5. The molecule has 224 valence electrons. The van der Waals surface area contributed by atoms with E-state index in [0.29, 0.717) is 5.75 Å². The molecule has 6 aromatic heterocycles. The molecule has 0 fully saturated rings. The van der Waals surface area contributed by atoms with Gasteiger partial charge in [-0.2, -0.15) is 0 Å². The van der Waals surface area contributed by atoms with Crippen LogP contribution in [0.15, 0.2) is 122 Å². The highest BCUT2D eigenvalue weighted by molar-refractivity contribution is 9.09. The summed E-state index contributed by atoms with van der Waals surface area (Å²) in [6.07, 6.45) is 14.7. The van der Waals surface area contributed by atoms with Gasteiger partial charge in [0.2, 0.25) is 6.86 Å². The number of hydrogen-bond donors (Lipinski definition) is 1. The minimum atomic E-state index is -0.834. The molecule has 0 spiro atoms. The quantitative estimate of drug-likeness (QED) is 0.190. The van der Waals surface area contributed by atoms with E-state index in [0.717, 1.165) is 55.0 Å². The number of halogens is 3. The number of rotatable bonds is 4. The van der Waals surface area contributed by atoms with Gasteiger partial charge in [-0.25, -0.2) is 18.7 Å². The molecule has 0 amide bonds. The largest absolute Gasteiger partial charge is 0.508 e. The number of aromatic nitrogens is 6. The summed E-state index contributed by atoms with van der Waals surface area (Å²) in [6.45, 7) is -0.834. The van der Waals surface area contributed by atoms with Crippen molar-refractivity contribution in [2.24, 2.45) is 0 Å². The zero-order valence-corrected chi connectivity index (χ0v) is 25.2. The summed E-state index contributed by atoms with van der Waals surface area (Å²) in [5, 5.41) is 15.6. The van der Waals surface area contributed by atoms with Gasteiger partial charge in [-0.3, -0.25) is 19.1 Å². The first-order valence-electron chi connectivity index (χ1n) is 13.7. The van der Waals surface area contributed by atoms with Crippen molar-refractivity contribution in [2.75, 3.05) is 12.4 Å². The van der Waals surface area contributed by atoms with Crippen LogP contribution in [0.3, 0.4) is 0 Å². The predicted octanol–water partition coefficient (Wildman–Crippen LogP) is 8.47. The number of pyridine rings is 4. The van der Waals surface area contributed by atoms with Crippen molar-refractivity contribution < 1.29 is 18.6 Å². The number of fused-ring (bicyclic) bond motifs is 4. The molecule has 8 rings (SSSR count). The van der Waals surface area contributed by atoms with Crippen molar-refractivity contribution in [1.82, 2.24) is 29.1 Å². The van der Waals surface area contributed by atoms with Crippen LogP contribution >= 0.6 is 15.9 Å². The minimum Gasteiger partial charge on any atom is -0.508 e. The molecule has 0 atom stereocenters. The predicted molar refractivity (Wildman–Crippen MR) is 176 cm³/mol. The Morgan fingerprint density at radius 3 is 1.71 bits per heavy atom. The molecular weight excluding hydrogens is 642 g/mol. The first-order valence-corrected chi connectivity index (χ1v) is 14.8. The topological polar surface area (TPSA) is 90.9 Å². The van der Waals surface area contributed by atoms with Gasteiger partial charge in [-0.15, -0.1) is 0 Å². The maximum atomic E-state index is 12.2. The highest BCUT2D eigenvalue weighted by Gasteiger charge is 2.07. The van der Waals surface area contributed by atoms with Crippen LogP contribution in [-0.4, -0.2) is 46.6 Å². The Kier molecular flexibility index (Phi) is 8.88. The average molecular weight is 668 g/mol. The smallest absolute Gasteiger partial charge is 0.228 e. The van der Waals surface area contributed by atoms with Crippen molar-refractivity contribution >= 4 is 59.3 Å². The Balaban J connectivity index is 0.000000147. The normalized spacial score (nSPS) is 10.8. The third-order valence-electron chi connectivity index (χ3n) is 7.08. The zero-order chi connectivity index (χ0) is 31.2. The molecule has 8 nitrogen and oxygen atoms in total. The van der Waals surface area contributed by atoms with Crippen LogP contribution in [0.4, 0.5) is 8.78 Å². The number of phenolic OH excluding ortho intramolecular Hbond substituents is 1. The first-order chi connectivity index (χ1) is 22.1. The van der Waals surface area contributed by atoms with Gasteiger partial charge in [-0.1, -0.05) is 28.1 Å². The van der Waals surface area contributed by atoms with E-state index in [-0.39, 0.29) is 5.75 Å². The molecule has 1 N–H and O–H groups in total. The van der Waals surface area contributed by atoms with Crippen molar-refractivity contribution in [3.05, 3.63) is 122 Å². The molecule has 0 unspecified atom stereocenters. The van der Waals surface area contributed by atoms with E-state index in [9.17, 15) is 13.9 Å². The van der Waals surface area contributed by atoms with Crippen LogP contribution in [0.1, 0.15) is 0 Å². The van der Waals surface area contributed by atoms with Crippen molar-refractivity contribution in [2.45, 2.75) is 0 Å². The Bertz CT molecular complexity index is 2240. The maximum Gasteiger partial charge on any atom is 0.228 e. The molecule has 0 aliphatic rings. The second-order valence-corrected chi connectivity index (χ2v) is 10.1. The lowest BCUT2D eigenvalue weighted by Gasteiger charge is -2.07.